The molecule has 0 fully saturated rings. The number of nitrogens with one attached hydrogen (secondary N) is 1. The van der Waals surface area contributed by atoms with Gasteiger partial charge < -0.3 is 5.32 Å². The lowest BCUT2D eigenvalue weighted by atomic mass is 10.1. The van der Waals surface area contributed by atoms with E-state index in [4.69, 9.17) is 0 Å². The molecule has 4 aromatic rings. The molecule has 2 aromatic carbocycles. The van der Waals surface area contributed by atoms with Crippen molar-refractivity contribution >= 4 is 16.9 Å². The van der Waals surface area contributed by atoms with Crippen LogP contribution in [-0.4, -0.2) is 25.2 Å². The first-order valence-corrected chi connectivity index (χ1v) is 9.34. The Bertz CT molecular complexity index is 1240. The lowest BCUT2D eigenvalue weighted by Gasteiger charge is -2.08. The van der Waals surface area contributed by atoms with Crippen LogP contribution >= 0.6 is 0 Å². The van der Waals surface area contributed by atoms with Gasteiger partial charge in [-0.15, -0.1) is 0 Å². The molecular weight excluding hydrogens is 366 g/mol. The highest BCUT2D eigenvalue weighted by atomic mass is 16.2. The van der Waals surface area contributed by atoms with E-state index in [1.165, 1.54) is 17.1 Å². The average Bonchev–Trinajstić information content (AvgIpc) is 3.15. The summed E-state index contributed by atoms with van der Waals surface area (Å²) in [7, 11) is 0. The topological polar surface area (TPSA) is 81.8 Å². The zero-order valence-corrected chi connectivity index (χ0v) is 16.3. The summed E-state index contributed by atoms with van der Waals surface area (Å²) in [5.74, 6) is -0.250. The van der Waals surface area contributed by atoms with E-state index in [1.807, 2.05) is 62.4 Å². The number of aryl methyl sites for hydroxylation is 2. The van der Waals surface area contributed by atoms with Gasteiger partial charge >= 0.3 is 0 Å². The molecular formula is C22H21N5O2. The first-order chi connectivity index (χ1) is 14.0. The van der Waals surface area contributed by atoms with Crippen LogP contribution in [0.15, 0.2) is 65.8 Å². The Kier molecular flexibility index (Phi) is 4.95. The zero-order valence-electron chi connectivity index (χ0n) is 16.3. The summed E-state index contributed by atoms with van der Waals surface area (Å²) in [6.07, 6.45) is 2.89. The van der Waals surface area contributed by atoms with E-state index in [1.54, 1.807) is 4.68 Å². The van der Waals surface area contributed by atoms with Crippen LogP contribution in [0.4, 0.5) is 0 Å². The molecule has 0 bridgehead atoms. The van der Waals surface area contributed by atoms with Crippen molar-refractivity contribution in [3.63, 3.8) is 0 Å². The quantitative estimate of drug-likeness (QED) is 0.570. The molecule has 2 heterocycles. The summed E-state index contributed by atoms with van der Waals surface area (Å²) in [5.41, 5.74) is 4.27. The molecule has 0 aliphatic carbocycles. The first-order valence-electron chi connectivity index (χ1n) is 9.34. The predicted octanol–water partition coefficient (Wildman–Crippen LogP) is 2.52. The zero-order chi connectivity index (χ0) is 20.4. The van der Waals surface area contributed by atoms with Gasteiger partial charge in [0.15, 0.2) is 5.65 Å². The third-order valence-corrected chi connectivity index (χ3v) is 4.72. The Morgan fingerprint density at radius 1 is 1.07 bits per heavy atom. The van der Waals surface area contributed by atoms with Gasteiger partial charge in [0.2, 0.25) is 5.91 Å². The fourth-order valence-electron chi connectivity index (χ4n) is 3.13. The van der Waals surface area contributed by atoms with Crippen molar-refractivity contribution in [2.24, 2.45) is 0 Å². The van der Waals surface area contributed by atoms with Crippen molar-refractivity contribution in [1.29, 1.82) is 0 Å². The number of fused-ring (bicyclic) bond motifs is 1. The normalized spacial score (nSPS) is 11.0. The minimum Gasteiger partial charge on any atom is -0.350 e. The van der Waals surface area contributed by atoms with E-state index in [2.05, 4.69) is 15.4 Å². The lowest BCUT2D eigenvalue weighted by Crippen LogP contribution is -2.32. The Morgan fingerprint density at radius 2 is 1.86 bits per heavy atom. The summed E-state index contributed by atoms with van der Waals surface area (Å²) in [6, 6.07) is 15.7. The number of carbonyl (C=O) groups is 1. The van der Waals surface area contributed by atoms with Gasteiger partial charge in [0.05, 0.1) is 11.9 Å². The van der Waals surface area contributed by atoms with Crippen molar-refractivity contribution in [1.82, 2.24) is 24.6 Å². The van der Waals surface area contributed by atoms with Crippen LogP contribution in [0.5, 0.6) is 0 Å². The van der Waals surface area contributed by atoms with E-state index in [-0.39, 0.29) is 18.0 Å². The van der Waals surface area contributed by atoms with Crippen LogP contribution in [-0.2, 0) is 17.9 Å². The van der Waals surface area contributed by atoms with E-state index < -0.39 is 0 Å². The largest absolute Gasteiger partial charge is 0.350 e. The summed E-state index contributed by atoms with van der Waals surface area (Å²) in [5, 5.41) is 7.52. The Labute approximate surface area is 167 Å². The molecule has 0 aliphatic heterocycles. The van der Waals surface area contributed by atoms with Crippen molar-refractivity contribution in [3.05, 3.63) is 88.1 Å². The maximum Gasteiger partial charge on any atom is 0.264 e. The number of aromatic nitrogens is 4. The number of rotatable bonds is 5. The second kappa shape index (κ2) is 7.71. The highest BCUT2D eigenvalue weighted by Gasteiger charge is 2.13. The monoisotopic (exact) mass is 387 g/mol. The number of hydrogen-bond acceptors (Lipinski definition) is 4. The molecule has 0 saturated carbocycles. The summed E-state index contributed by atoms with van der Waals surface area (Å²) in [6.45, 7) is 4.32. The highest BCUT2D eigenvalue weighted by Crippen LogP contribution is 2.14. The van der Waals surface area contributed by atoms with Gasteiger partial charge in [-0.2, -0.15) is 5.10 Å². The second-order valence-electron chi connectivity index (χ2n) is 7.07. The maximum absolute atomic E-state index is 12.8. The number of hydrogen-bond donors (Lipinski definition) is 1. The van der Waals surface area contributed by atoms with Gasteiger partial charge in [0.1, 0.15) is 18.3 Å². The van der Waals surface area contributed by atoms with Crippen LogP contribution in [0.1, 0.15) is 16.7 Å². The maximum atomic E-state index is 12.8. The SMILES string of the molecule is Cc1ccc(CNC(=O)Cn2cnc3c(cnn3-c3cccc(C)c3)c2=O)cc1. The number of nitrogens with zero attached hydrogens (tertiary/aromatic N) is 4. The molecule has 7 heteroatoms. The molecule has 4 rings (SSSR count). The van der Waals surface area contributed by atoms with E-state index >= 15 is 0 Å². The molecule has 146 valence electrons. The van der Waals surface area contributed by atoms with Crippen molar-refractivity contribution < 1.29 is 4.79 Å². The molecule has 0 unspecified atom stereocenters. The smallest absolute Gasteiger partial charge is 0.264 e. The molecule has 0 atom stereocenters. The van der Waals surface area contributed by atoms with Crippen LogP contribution in [0.3, 0.4) is 0 Å². The fourth-order valence-corrected chi connectivity index (χ4v) is 3.13. The molecule has 2 aromatic heterocycles. The number of carbonyl (C=O) groups excluding carboxylic acids is 1. The Balaban J connectivity index is 1.53. The molecule has 1 N–H and O–H groups in total. The molecule has 0 saturated heterocycles. The van der Waals surface area contributed by atoms with Gasteiger partial charge in [-0.25, -0.2) is 9.67 Å². The molecule has 0 aliphatic rings. The van der Waals surface area contributed by atoms with Gasteiger partial charge in [0.25, 0.3) is 5.56 Å². The first kappa shape index (κ1) is 18.6. The summed E-state index contributed by atoms with van der Waals surface area (Å²) < 4.78 is 2.93. The minimum absolute atomic E-state index is 0.0940. The highest BCUT2D eigenvalue weighted by molar-refractivity contribution is 5.77. The summed E-state index contributed by atoms with van der Waals surface area (Å²) in [4.78, 5) is 29.4. The Hall–Kier alpha value is -3.74. The van der Waals surface area contributed by atoms with Gasteiger partial charge in [-0.3, -0.25) is 14.2 Å². The minimum atomic E-state index is -0.292. The second-order valence-corrected chi connectivity index (χ2v) is 7.07. The predicted molar refractivity (Wildman–Crippen MR) is 111 cm³/mol. The third kappa shape index (κ3) is 3.94. The van der Waals surface area contributed by atoms with E-state index in [0.717, 1.165) is 22.4 Å². The van der Waals surface area contributed by atoms with Crippen molar-refractivity contribution in [2.45, 2.75) is 26.9 Å². The fraction of sp³-hybridized carbons (Fsp3) is 0.182. The van der Waals surface area contributed by atoms with Gasteiger partial charge in [-0.1, -0.05) is 42.0 Å². The molecule has 1 amide bonds. The van der Waals surface area contributed by atoms with Crippen LogP contribution < -0.4 is 10.9 Å². The molecule has 7 nitrogen and oxygen atoms in total. The van der Waals surface area contributed by atoms with Gasteiger partial charge in [-0.05, 0) is 37.1 Å². The number of benzene rings is 2. The standard InChI is InChI=1S/C22H21N5O2/c1-15-6-8-17(9-7-15)11-23-20(28)13-26-14-24-21-19(22(26)29)12-25-27(21)18-5-3-4-16(2)10-18/h3-10,12,14H,11,13H2,1-2H3,(H,23,28). The third-order valence-electron chi connectivity index (χ3n) is 4.72. The molecule has 0 radical (unpaired) electrons. The van der Waals surface area contributed by atoms with Crippen molar-refractivity contribution in [3.8, 4) is 5.69 Å². The molecule has 0 spiro atoms. The summed E-state index contributed by atoms with van der Waals surface area (Å²) >= 11 is 0. The van der Waals surface area contributed by atoms with Crippen LogP contribution in [0.25, 0.3) is 16.7 Å². The lowest BCUT2D eigenvalue weighted by molar-refractivity contribution is -0.121. The van der Waals surface area contributed by atoms with Gasteiger partial charge in [0, 0.05) is 6.54 Å². The van der Waals surface area contributed by atoms with Crippen molar-refractivity contribution in [2.75, 3.05) is 0 Å². The number of amides is 1. The van der Waals surface area contributed by atoms with Crippen LogP contribution in [0, 0.1) is 13.8 Å². The Morgan fingerprint density at radius 3 is 2.62 bits per heavy atom. The van der Waals surface area contributed by atoms with E-state index in [0.29, 0.717) is 17.6 Å². The van der Waals surface area contributed by atoms with E-state index in [9.17, 15) is 9.59 Å². The average molecular weight is 387 g/mol. The molecule has 29 heavy (non-hydrogen) atoms. The van der Waals surface area contributed by atoms with Crippen LogP contribution in [0.2, 0.25) is 0 Å².